The smallest absolute Gasteiger partial charge is 0.240 e. The number of nitrogens with zero attached hydrogens (tertiary/aromatic N) is 2. The summed E-state index contributed by atoms with van der Waals surface area (Å²) in [5, 5.41) is 3.06. The number of sulfonamides is 1. The molecule has 23 heavy (non-hydrogen) atoms. The maximum absolute atomic E-state index is 12.2. The molecule has 0 saturated heterocycles. The lowest BCUT2D eigenvalue weighted by Crippen LogP contribution is -2.23. The van der Waals surface area contributed by atoms with Crippen molar-refractivity contribution in [3.8, 4) is 10.7 Å². The third kappa shape index (κ3) is 3.94. The molecule has 1 aromatic carbocycles. The highest BCUT2D eigenvalue weighted by Gasteiger charge is 2.14. The minimum absolute atomic E-state index is 0.119. The van der Waals surface area contributed by atoms with Crippen LogP contribution in [0.5, 0.6) is 0 Å². The lowest BCUT2D eigenvalue weighted by molar-refractivity contribution is 0.580. The average Bonchev–Trinajstić information content (AvgIpc) is 3.03. The van der Waals surface area contributed by atoms with Gasteiger partial charge in [0.15, 0.2) is 0 Å². The molecule has 118 valence electrons. The molecule has 2 aromatic heterocycles. The number of thiazole rings is 1. The fourth-order valence-electron chi connectivity index (χ4n) is 1.86. The van der Waals surface area contributed by atoms with Crippen LogP contribution in [0.15, 0.2) is 58.9 Å². The van der Waals surface area contributed by atoms with Gasteiger partial charge in [-0.05, 0) is 36.4 Å². The normalized spacial score (nSPS) is 11.5. The Balaban J connectivity index is 1.71. The van der Waals surface area contributed by atoms with Gasteiger partial charge in [0, 0.05) is 16.6 Å². The fourth-order valence-corrected chi connectivity index (χ4v) is 3.78. The van der Waals surface area contributed by atoms with Crippen molar-refractivity contribution in [2.24, 2.45) is 0 Å². The molecule has 0 aliphatic heterocycles. The lowest BCUT2D eigenvalue weighted by Gasteiger charge is -2.05. The van der Waals surface area contributed by atoms with Gasteiger partial charge in [0.1, 0.15) is 5.01 Å². The molecule has 8 heteroatoms. The van der Waals surface area contributed by atoms with E-state index in [4.69, 9.17) is 11.6 Å². The molecule has 0 aliphatic rings. The number of pyridine rings is 1. The molecule has 0 unspecified atom stereocenters. The molecule has 0 fully saturated rings. The van der Waals surface area contributed by atoms with E-state index in [0.717, 1.165) is 10.7 Å². The summed E-state index contributed by atoms with van der Waals surface area (Å²) in [6, 6.07) is 11.6. The highest BCUT2D eigenvalue weighted by molar-refractivity contribution is 7.89. The van der Waals surface area contributed by atoms with Gasteiger partial charge in [-0.25, -0.2) is 18.1 Å². The zero-order valence-corrected chi connectivity index (χ0v) is 14.2. The van der Waals surface area contributed by atoms with Crippen LogP contribution in [-0.4, -0.2) is 18.4 Å². The van der Waals surface area contributed by atoms with Crippen LogP contribution in [0.1, 0.15) is 5.69 Å². The number of rotatable bonds is 5. The third-order valence-electron chi connectivity index (χ3n) is 3.00. The topological polar surface area (TPSA) is 72.0 Å². The Morgan fingerprint density at radius 1 is 1.13 bits per heavy atom. The van der Waals surface area contributed by atoms with Crippen LogP contribution >= 0.6 is 22.9 Å². The van der Waals surface area contributed by atoms with Crippen molar-refractivity contribution in [1.29, 1.82) is 0 Å². The summed E-state index contributed by atoms with van der Waals surface area (Å²) >= 11 is 7.19. The van der Waals surface area contributed by atoms with E-state index in [1.165, 1.54) is 35.6 Å². The molecule has 3 rings (SSSR count). The van der Waals surface area contributed by atoms with E-state index in [0.29, 0.717) is 10.7 Å². The van der Waals surface area contributed by atoms with Gasteiger partial charge in [-0.1, -0.05) is 17.7 Å². The van der Waals surface area contributed by atoms with Crippen molar-refractivity contribution < 1.29 is 8.42 Å². The summed E-state index contributed by atoms with van der Waals surface area (Å²) in [6.45, 7) is 0.119. The molecule has 5 nitrogen and oxygen atoms in total. The van der Waals surface area contributed by atoms with Gasteiger partial charge in [-0.15, -0.1) is 11.3 Å². The SMILES string of the molecule is O=S(=O)(NCc1csc(-c2ccccn2)n1)c1ccc(Cl)cc1. The Bertz CT molecular complexity index is 894. The molecule has 3 aromatic rings. The second-order valence-corrected chi connectivity index (χ2v) is 7.70. The Morgan fingerprint density at radius 2 is 1.91 bits per heavy atom. The van der Waals surface area contributed by atoms with Gasteiger partial charge in [-0.3, -0.25) is 4.98 Å². The second kappa shape index (κ2) is 6.76. The molecule has 0 spiro atoms. The van der Waals surface area contributed by atoms with E-state index in [9.17, 15) is 8.42 Å². The van der Waals surface area contributed by atoms with E-state index in [1.54, 1.807) is 6.20 Å². The largest absolute Gasteiger partial charge is 0.254 e. The molecule has 0 saturated carbocycles. The van der Waals surface area contributed by atoms with E-state index in [-0.39, 0.29) is 11.4 Å². The van der Waals surface area contributed by atoms with Crippen LogP contribution in [0.25, 0.3) is 10.7 Å². The minimum atomic E-state index is -3.59. The molecule has 0 bridgehead atoms. The number of halogens is 1. The molecule has 1 N–H and O–H groups in total. The Morgan fingerprint density at radius 3 is 2.61 bits per heavy atom. The van der Waals surface area contributed by atoms with Crippen molar-refractivity contribution in [3.63, 3.8) is 0 Å². The number of benzene rings is 1. The molecule has 0 radical (unpaired) electrons. The van der Waals surface area contributed by atoms with Gasteiger partial charge in [0.2, 0.25) is 10.0 Å². The van der Waals surface area contributed by atoms with Gasteiger partial charge in [0.25, 0.3) is 0 Å². The molecular weight excluding hydrogens is 354 g/mol. The lowest BCUT2D eigenvalue weighted by atomic mass is 10.4. The highest BCUT2D eigenvalue weighted by Crippen LogP contribution is 2.21. The first-order chi connectivity index (χ1) is 11.0. The Labute approximate surface area is 143 Å². The maximum atomic E-state index is 12.2. The molecule has 0 aliphatic carbocycles. The van der Waals surface area contributed by atoms with Crippen LogP contribution < -0.4 is 4.72 Å². The molecule has 0 amide bonds. The average molecular weight is 366 g/mol. The van der Waals surface area contributed by atoms with Crippen molar-refractivity contribution in [2.75, 3.05) is 0 Å². The maximum Gasteiger partial charge on any atom is 0.240 e. The predicted molar refractivity (Wildman–Crippen MR) is 90.8 cm³/mol. The van der Waals surface area contributed by atoms with Crippen molar-refractivity contribution >= 4 is 33.0 Å². The quantitative estimate of drug-likeness (QED) is 0.752. The van der Waals surface area contributed by atoms with Crippen LogP contribution in [0.2, 0.25) is 5.02 Å². The van der Waals surface area contributed by atoms with Gasteiger partial charge in [0.05, 0.1) is 22.8 Å². The second-order valence-electron chi connectivity index (χ2n) is 4.64. The van der Waals surface area contributed by atoms with Gasteiger partial charge < -0.3 is 0 Å². The Hall–Kier alpha value is -1.80. The molecular formula is C15H12ClN3O2S2. The summed E-state index contributed by atoms with van der Waals surface area (Å²) in [5.41, 5.74) is 1.41. The number of nitrogens with one attached hydrogen (secondary N) is 1. The summed E-state index contributed by atoms with van der Waals surface area (Å²) in [4.78, 5) is 8.79. The highest BCUT2D eigenvalue weighted by atomic mass is 35.5. The van der Waals surface area contributed by atoms with Crippen LogP contribution in [-0.2, 0) is 16.6 Å². The minimum Gasteiger partial charge on any atom is -0.254 e. The number of hydrogen-bond acceptors (Lipinski definition) is 5. The van der Waals surface area contributed by atoms with Crippen molar-refractivity contribution in [2.45, 2.75) is 11.4 Å². The standard InChI is InChI=1S/C15H12ClN3O2S2/c16-11-4-6-13(7-5-11)23(20,21)18-9-12-10-22-15(19-12)14-3-1-2-8-17-14/h1-8,10,18H,9H2. The summed E-state index contributed by atoms with van der Waals surface area (Å²) in [5.74, 6) is 0. The van der Waals surface area contributed by atoms with Crippen LogP contribution in [0, 0.1) is 0 Å². The summed E-state index contributed by atoms with van der Waals surface area (Å²) in [7, 11) is -3.59. The first-order valence-electron chi connectivity index (χ1n) is 6.66. The third-order valence-corrected chi connectivity index (χ3v) is 5.59. The number of aromatic nitrogens is 2. The molecule has 0 atom stereocenters. The van der Waals surface area contributed by atoms with Gasteiger partial charge >= 0.3 is 0 Å². The number of hydrogen-bond donors (Lipinski definition) is 1. The van der Waals surface area contributed by atoms with E-state index >= 15 is 0 Å². The zero-order valence-electron chi connectivity index (χ0n) is 11.8. The monoisotopic (exact) mass is 365 g/mol. The first-order valence-corrected chi connectivity index (χ1v) is 9.40. The molecule has 2 heterocycles. The van der Waals surface area contributed by atoms with E-state index in [2.05, 4.69) is 14.7 Å². The van der Waals surface area contributed by atoms with E-state index in [1.807, 2.05) is 23.6 Å². The van der Waals surface area contributed by atoms with Crippen LogP contribution in [0.4, 0.5) is 0 Å². The Kier molecular flexibility index (Phi) is 4.72. The van der Waals surface area contributed by atoms with E-state index < -0.39 is 10.0 Å². The summed E-state index contributed by atoms with van der Waals surface area (Å²) in [6.07, 6.45) is 1.69. The van der Waals surface area contributed by atoms with Crippen molar-refractivity contribution in [1.82, 2.24) is 14.7 Å². The fraction of sp³-hybridized carbons (Fsp3) is 0.0667. The first kappa shape index (κ1) is 16.1. The summed E-state index contributed by atoms with van der Waals surface area (Å²) < 4.78 is 26.9. The van der Waals surface area contributed by atoms with Crippen LogP contribution in [0.3, 0.4) is 0 Å². The van der Waals surface area contributed by atoms with Crippen molar-refractivity contribution in [3.05, 3.63) is 64.8 Å². The van der Waals surface area contributed by atoms with Gasteiger partial charge in [-0.2, -0.15) is 0 Å². The predicted octanol–water partition coefficient (Wildman–Crippen LogP) is 3.34. The zero-order chi connectivity index (χ0) is 16.3.